The molecule has 1 aromatic heterocycles. The normalized spacial score (nSPS) is 19.1. The van der Waals surface area contributed by atoms with Gasteiger partial charge in [0.05, 0.1) is 6.04 Å². The predicted octanol–water partition coefficient (Wildman–Crippen LogP) is 3.15. The van der Waals surface area contributed by atoms with E-state index in [1.165, 1.54) is 18.4 Å². The van der Waals surface area contributed by atoms with Crippen molar-refractivity contribution >= 4 is 0 Å². The zero-order valence-corrected chi connectivity index (χ0v) is 10.3. The number of nitrogens with zero attached hydrogens (tertiary/aromatic N) is 3. The maximum Gasteiger partial charge on any atom is 0.181 e. The third kappa shape index (κ3) is 1.75. The fourth-order valence-electron chi connectivity index (χ4n) is 2.49. The van der Waals surface area contributed by atoms with Crippen molar-refractivity contribution in [3.8, 4) is 11.4 Å². The van der Waals surface area contributed by atoms with Gasteiger partial charge in [0.1, 0.15) is 5.82 Å². The molecule has 0 aliphatic carbocycles. The van der Waals surface area contributed by atoms with Gasteiger partial charge in [-0.3, -0.25) is 0 Å². The third-order valence-electron chi connectivity index (χ3n) is 3.53. The topological polar surface area (TPSA) is 30.7 Å². The summed E-state index contributed by atoms with van der Waals surface area (Å²) in [5, 5.41) is 4.67. The molecule has 3 nitrogen and oxygen atoms in total. The van der Waals surface area contributed by atoms with Gasteiger partial charge in [-0.2, -0.15) is 5.10 Å². The van der Waals surface area contributed by atoms with Crippen molar-refractivity contribution in [1.29, 1.82) is 0 Å². The van der Waals surface area contributed by atoms with Crippen LogP contribution in [-0.2, 0) is 6.42 Å². The van der Waals surface area contributed by atoms with Crippen molar-refractivity contribution in [3.63, 3.8) is 0 Å². The van der Waals surface area contributed by atoms with E-state index in [9.17, 15) is 0 Å². The molecule has 0 amide bonds. The Morgan fingerprint density at radius 3 is 2.88 bits per heavy atom. The summed E-state index contributed by atoms with van der Waals surface area (Å²) in [6.45, 7) is 4.33. The van der Waals surface area contributed by atoms with Gasteiger partial charge in [0, 0.05) is 12.0 Å². The molecule has 1 aliphatic heterocycles. The largest absolute Gasteiger partial charge is 0.247 e. The van der Waals surface area contributed by atoms with Crippen LogP contribution >= 0.6 is 0 Å². The van der Waals surface area contributed by atoms with Gasteiger partial charge >= 0.3 is 0 Å². The van der Waals surface area contributed by atoms with Crippen molar-refractivity contribution < 1.29 is 0 Å². The molecule has 1 aliphatic rings. The van der Waals surface area contributed by atoms with Crippen LogP contribution in [0.2, 0.25) is 0 Å². The summed E-state index contributed by atoms with van der Waals surface area (Å²) < 4.78 is 2.10. The number of aromatic nitrogens is 3. The number of fused-ring (bicyclic) bond motifs is 1. The summed E-state index contributed by atoms with van der Waals surface area (Å²) in [4.78, 5) is 4.68. The van der Waals surface area contributed by atoms with Gasteiger partial charge in [-0.25, -0.2) is 9.67 Å². The van der Waals surface area contributed by atoms with E-state index >= 15 is 0 Å². The van der Waals surface area contributed by atoms with Crippen LogP contribution in [0.4, 0.5) is 0 Å². The van der Waals surface area contributed by atoms with Crippen LogP contribution in [0.3, 0.4) is 0 Å². The first kappa shape index (κ1) is 10.5. The van der Waals surface area contributed by atoms with Crippen molar-refractivity contribution in [2.75, 3.05) is 0 Å². The number of hydrogen-bond donors (Lipinski definition) is 0. The number of aryl methyl sites for hydroxylation is 2. The summed E-state index contributed by atoms with van der Waals surface area (Å²) in [5.41, 5.74) is 2.39. The highest BCUT2D eigenvalue weighted by molar-refractivity contribution is 5.59. The first-order chi connectivity index (χ1) is 8.25. The molecule has 2 aromatic rings. The van der Waals surface area contributed by atoms with E-state index in [-0.39, 0.29) is 0 Å². The molecule has 1 aromatic carbocycles. The van der Waals surface area contributed by atoms with Gasteiger partial charge in [0.25, 0.3) is 0 Å². The molecule has 3 rings (SSSR count). The van der Waals surface area contributed by atoms with Crippen LogP contribution in [0.1, 0.15) is 37.2 Å². The van der Waals surface area contributed by atoms with Crippen molar-refractivity contribution in [2.45, 2.75) is 39.2 Å². The minimum atomic E-state index is 0.490. The van der Waals surface area contributed by atoms with E-state index in [2.05, 4.69) is 46.8 Å². The smallest absolute Gasteiger partial charge is 0.181 e. The Morgan fingerprint density at radius 2 is 2.12 bits per heavy atom. The van der Waals surface area contributed by atoms with E-state index in [0.717, 1.165) is 23.6 Å². The van der Waals surface area contributed by atoms with E-state index < -0.39 is 0 Å². The second-order valence-electron chi connectivity index (χ2n) is 4.85. The summed E-state index contributed by atoms with van der Waals surface area (Å²) in [6.07, 6.45) is 3.50. The van der Waals surface area contributed by atoms with Crippen molar-refractivity contribution in [1.82, 2.24) is 14.8 Å². The molecule has 0 fully saturated rings. The lowest BCUT2D eigenvalue weighted by molar-refractivity contribution is 0.389. The Bertz CT molecular complexity index is 542. The molecule has 0 bridgehead atoms. The zero-order chi connectivity index (χ0) is 11.8. The SMILES string of the molecule is Cc1ccccc1-c1nc2n(n1)C(C)CCC2. The lowest BCUT2D eigenvalue weighted by Crippen LogP contribution is -2.16. The van der Waals surface area contributed by atoms with E-state index in [1.807, 2.05) is 6.07 Å². The molecule has 1 unspecified atom stereocenters. The van der Waals surface area contributed by atoms with Crippen LogP contribution in [0.15, 0.2) is 24.3 Å². The van der Waals surface area contributed by atoms with Crippen molar-refractivity contribution in [2.24, 2.45) is 0 Å². The highest BCUT2D eigenvalue weighted by Gasteiger charge is 2.20. The Labute approximate surface area is 101 Å². The van der Waals surface area contributed by atoms with Crippen LogP contribution in [0.5, 0.6) is 0 Å². The monoisotopic (exact) mass is 227 g/mol. The predicted molar refractivity (Wildman–Crippen MR) is 67.8 cm³/mol. The lowest BCUT2D eigenvalue weighted by Gasteiger charge is -2.18. The Morgan fingerprint density at radius 1 is 1.29 bits per heavy atom. The molecular formula is C14H17N3. The summed E-state index contributed by atoms with van der Waals surface area (Å²) in [5.74, 6) is 2.02. The van der Waals surface area contributed by atoms with Gasteiger partial charge in [0.2, 0.25) is 0 Å². The van der Waals surface area contributed by atoms with Gasteiger partial charge < -0.3 is 0 Å². The van der Waals surface area contributed by atoms with Crippen LogP contribution < -0.4 is 0 Å². The summed E-state index contributed by atoms with van der Waals surface area (Å²) in [6, 6.07) is 8.80. The van der Waals surface area contributed by atoms with Gasteiger partial charge in [0.15, 0.2) is 5.82 Å². The van der Waals surface area contributed by atoms with Crippen LogP contribution in [-0.4, -0.2) is 14.8 Å². The quantitative estimate of drug-likeness (QED) is 0.749. The lowest BCUT2D eigenvalue weighted by atomic mass is 10.1. The Kier molecular flexibility index (Phi) is 2.46. The molecule has 0 N–H and O–H groups in total. The molecule has 17 heavy (non-hydrogen) atoms. The highest BCUT2D eigenvalue weighted by Crippen LogP contribution is 2.26. The average Bonchev–Trinajstić information content (AvgIpc) is 2.75. The van der Waals surface area contributed by atoms with Crippen LogP contribution in [0, 0.1) is 6.92 Å². The first-order valence-electron chi connectivity index (χ1n) is 6.27. The van der Waals surface area contributed by atoms with E-state index in [1.54, 1.807) is 0 Å². The third-order valence-corrected chi connectivity index (χ3v) is 3.53. The maximum atomic E-state index is 4.68. The molecule has 1 atom stereocenters. The molecule has 2 heterocycles. The average molecular weight is 227 g/mol. The molecule has 0 saturated carbocycles. The number of rotatable bonds is 1. The maximum absolute atomic E-state index is 4.68. The highest BCUT2D eigenvalue weighted by atomic mass is 15.4. The molecule has 3 heteroatoms. The minimum Gasteiger partial charge on any atom is -0.247 e. The zero-order valence-electron chi connectivity index (χ0n) is 10.3. The molecular weight excluding hydrogens is 210 g/mol. The van der Waals surface area contributed by atoms with E-state index in [4.69, 9.17) is 0 Å². The number of benzene rings is 1. The molecule has 0 spiro atoms. The second kappa shape index (κ2) is 3.99. The summed E-state index contributed by atoms with van der Waals surface area (Å²) >= 11 is 0. The Hall–Kier alpha value is -1.64. The number of hydrogen-bond acceptors (Lipinski definition) is 2. The second-order valence-corrected chi connectivity index (χ2v) is 4.85. The minimum absolute atomic E-state index is 0.490. The fraction of sp³-hybridized carbons (Fsp3) is 0.429. The fourth-order valence-corrected chi connectivity index (χ4v) is 2.49. The van der Waals surface area contributed by atoms with Gasteiger partial charge in [-0.05, 0) is 32.3 Å². The standard InChI is InChI=1S/C14H17N3/c1-10-6-3-4-8-12(10)14-15-13-9-5-7-11(2)17(13)16-14/h3-4,6,8,11H,5,7,9H2,1-2H3. The van der Waals surface area contributed by atoms with Gasteiger partial charge in [-0.15, -0.1) is 0 Å². The van der Waals surface area contributed by atoms with Crippen LogP contribution in [0.25, 0.3) is 11.4 Å². The molecule has 0 saturated heterocycles. The van der Waals surface area contributed by atoms with Gasteiger partial charge in [-0.1, -0.05) is 24.3 Å². The molecule has 0 radical (unpaired) electrons. The Balaban J connectivity index is 2.08. The first-order valence-corrected chi connectivity index (χ1v) is 6.27. The summed E-state index contributed by atoms with van der Waals surface area (Å²) in [7, 11) is 0. The molecule has 88 valence electrons. The van der Waals surface area contributed by atoms with E-state index in [0.29, 0.717) is 6.04 Å². The van der Waals surface area contributed by atoms with Crippen molar-refractivity contribution in [3.05, 3.63) is 35.7 Å².